The highest BCUT2D eigenvalue weighted by molar-refractivity contribution is 5.68. The van der Waals surface area contributed by atoms with E-state index < -0.39 is 5.60 Å². The summed E-state index contributed by atoms with van der Waals surface area (Å²) in [5, 5.41) is 0. The standard InChI is InChI=1S/C17H32N2O2/c1-16(2,3)21-15(20)19(14-7-5-4-6-8-14)12-11-17(13-18)9-10-17/h14H,4-13,18H2,1-3H3. The lowest BCUT2D eigenvalue weighted by molar-refractivity contribution is 0.0106. The zero-order valence-electron chi connectivity index (χ0n) is 14.0. The lowest BCUT2D eigenvalue weighted by atomic mass is 9.93. The molecule has 0 unspecified atom stereocenters. The van der Waals surface area contributed by atoms with Gasteiger partial charge in [0.2, 0.25) is 0 Å². The third-order valence-electron chi connectivity index (χ3n) is 4.92. The molecule has 21 heavy (non-hydrogen) atoms. The Bertz CT molecular complexity index is 352. The molecule has 2 saturated carbocycles. The molecule has 0 bridgehead atoms. The molecule has 4 heteroatoms. The van der Waals surface area contributed by atoms with E-state index in [0.717, 1.165) is 32.4 Å². The van der Waals surface area contributed by atoms with Crippen LogP contribution in [0.3, 0.4) is 0 Å². The Hall–Kier alpha value is -0.770. The average Bonchev–Trinajstić information content (AvgIpc) is 3.19. The first kappa shape index (κ1) is 16.6. The molecule has 2 fully saturated rings. The van der Waals surface area contributed by atoms with Crippen molar-refractivity contribution in [1.29, 1.82) is 0 Å². The molecular formula is C17H32N2O2. The summed E-state index contributed by atoms with van der Waals surface area (Å²) in [6.45, 7) is 7.36. The van der Waals surface area contributed by atoms with Crippen LogP contribution < -0.4 is 5.73 Å². The minimum atomic E-state index is -0.421. The van der Waals surface area contributed by atoms with E-state index in [2.05, 4.69) is 0 Å². The number of hydrogen-bond acceptors (Lipinski definition) is 3. The second-order valence-corrected chi connectivity index (χ2v) is 7.92. The summed E-state index contributed by atoms with van der Waals surface area (Å²) in [6, 6.07) is 0.363. The number of nitrogens with two attached hydrogens (primary N) is 1. The van der Waals surface area contributed by atoms with Crippen molar-refractivity contribution in [3.05, 3.63) is 0 Å². The van der Waals surface area contributed by atoms with E-state index >= 15 is 0 Å². The highest BCUT2D eigenvalue weighted by Gasteiger charge is 2.42. The van der Waals surface area contributed by atoms with Crippen LogP contribution in [-0.2, 0) is 4.74 Å². The van der Waals surface area contributed by atoms with E-state index in [1.807, 2.05) is 25.7 Å². The van der Waals surface area contributed by atoms with Crippen molar-refractivity contribution in [2.75, 3.05) is 13.1 Å². The minimum Gasteiger partial charge on any atom is -0.444 e. The van der Waals surface area contributed by atoms with Gasteiger partial charge in [-0.1, -0.05) is 19.3 Å². The fourth-order valence-corrected chi connectivity index (χ4v) is 3.23. The van der Waals surface area contributed by atoms with E-state index in [-0.39, 0.29) is 6.09 Å². The van der Waals surface area contributed by atoms with Crippen molar-refractivity contribution in [1.82, 2.24) is 4.90 Å². The lowest BCUT2D eigenvalue weighted by Gasteiger charge is -2.36. The summed E-state index contributed by atoms with van der Waals surface area (Å²) in [4.78, 5) is 14.6. The predicted molar refractivity (Wildman–Crippen MR) is 85.2 cm³/mol. The summed E-state index contributed by atoms with van der Waals surface area (Å²) >= 11 is 0. The second-order valence-electron chi connectivity index (χ2n) is 7.92. The van der Waals surface area contributed by atoms with Gasteiger partial charge < -0.3 is 15.4 Å². The van der Waals surface area contributed by atoms with E-state index in [1.165, 1.54) is 32.1 Å². The van der Waals surface area contributed by atoms with Crippen LogP contribution in [0.5, 0.6) is 0 Å². The molecule has 1 amide bonds. The van der Waals surface area contributed by atoms with Crippen LogP contribution in [0.15, 0.2) is 0 Å². The maximum absolute atomic E-state index is 12.6. The van der Waals surface area contributed by atoms with Crippen molar-refractivity contribution < 1.29 is 9.53 Å². The molecule has 0 aromatic carbocycles. The maximum atomic E-state index is 12.6. The van der Waals surface area contributed by atoms with E-state index in [4.69, 9.17) is 10.5 Å². The molecule has 2 aliphatic rings. The summed E-state index contributed by atoms with van der Waals surface area (Å²) in [6.07, 6.45) is 9.32. The minimum absolute atomic E-state index is 0.137. The molecule has 0 saturated heterocycles. The Morgan fingerprint density at radius 3 is 2.33 bits per heavy atom. The van der Waals surface area contributed by atoms with Gasteiger partial charge in [-0.05, 0) is 64.8 Å². The first-order valence-corrected chi connectivity index (χ1v) is 8.55. The third-order valence-corrected chi connectivity index (χ3v) is 4.92. The van der Waals surface area contributed by atoms with Gasteiger partial charge >= 0.3 is 6.09 Å². The topological polar surface area (TPSA) is 55.6 Å². The molecule has 4 nitrogen and oxygen atoms in total. The fraction of sp³-hybridized carbons (Fsp3) is 0.941. The van der Waals surface area contributed by atoms with Gasteiger partial charge in [0, 0.05) is 12.6 Å². The number of amides is 1. The van der Waals surface area contributed by atoms with Crippen LogP contribution in [0.1, 0.15) is 72.1 Å². The molecule has 2 rings (SSSR count). The molecule has 0 aromatic heterocycles. The average molecular weight is 296 g/mol. The third kappa shape index (κ3) is 4.87. The molecular weight excluding hydrogens is 264 g/mol. The number of carbonyl (C=O) groups is 1. The quantitative estimate of drug-likeness (QED) is 0.842. The fourth-order valence-electron chi connectivity index (χ4n) is 3.23. The number of carbonyl (C=O) groups excluding carboxylic acids is 1. The van der Waals surface area contributed by atoms with Gasteiger partial charge in [0.1, 0.15) is 5.60 Å². The van der Waals surface area contributed by atoms with Gasteiger partial charge in [0.05, 0.1) is 0 Å². The van der Waals surface area contributed by atoms with Gasteiger partial charge in [-0.15, -0.1) is 0 Å². The number of hydrogen-bond donors (Lipinski definition) is 1. The molecule has 122 valence electrons. The first-order chi connectivity index (χ1) is 9.85. The summed E-state index contributed by atoms with van der Waals surface area (Å²) < 4.78 is 5.63. The van der Waals surface area contributed by atoms with Gasteiger partial charge in [-0.3, -0.25) is 0 Å². The molecule has 0 aromatic rings. The molecule has 2 aliphatic carbocycles. The molecule has 0 atom stereocenters. The predicted octanol–water partition coefficient (Wildman–Crippen LogP) is 3.69. The lowest BCUT2D eigenvalue weighted by Crippen LogP contribution is -2.45. The smallest absolute Gasteiger partial charge is 0.410 e. The van der Waals surface area contributed by atoms with Crippen LogP contribution in [0.25, 0.3) is 0 Å². The Labute approximate surface area is 129 Å². The van der Waals surface area contributed by atoms with E-state index in [1.54, 1.807) is 0 Å². The maximum Gasteiger partial charge on any atom is 0.410 e. The summed E-state index contributed by atoms with van der Waals surface area (Å²) in [7, 11) is 0. The van der Waals surface area contributed by atoms with E-state index in [9.17, 15) is 4.79 Å². The molecule has 2 N–H and O–H groups in total. The van der Waals surface area contributed by atoms with Crippen LogP contribution >= 0.6 is 0 Å². The molecule has 0 aliphatic heterocycles. The van der Waals surface area contributed by atoms with Gasteiger partial charge in [-0.2, -0.15) is 0 Å². The summed E-state index contributed by atoms with van der Waals surface area (Å²) in [5.41, 5.74) is 5.77. The zero-order chi connectivity index (χ0) is 15.5. The van der Waals surface area contributed by atoms with Gasteiger partial charge in [0.25, 0.3) is 0 Å². The molecule has 0 spiro atoms. The Balaban J connectivity index is 1.97. The van der Waals surface area contributed by atoms with Crippen molar-refractivity contribution >= 4 is 6.09 Å². The Kier molecular flexibility index (Phi) is 5.18. The molecule has 0 heterocycles. The number of rotatable bonds is 5. The SMILES string of the molecule is CC(C)(C)OC(=O)N(CCC1(CN)CC1)C1CCCCC1. The van der Waals surface area contributed by atoms with Crippen molar-refractivity contribution in [2.24, 2.45) is 11.1 Å². The highest BCUT2D eigenvalue weighted by Crippen LogP contribution is 2.48. The first-order valence-electron chi connectivity index (χ1n) is 8.55. The Morgan fingerprint density at radius 1 is 1.24 bits per heavy atom. The van der Waals surface area contributed by atoms with Crippen molar-refractivity contribution in [3.63, 3.8) is 0 Å². The van der Waals surface area contributed by atoms with Crippen molar-refractivity contribution in [2.45, 2.75) is 83.8 Å². The van der Waals surface area contributed by atoms with Gasteiger partial charge in [-0.25, -0.2) is 4.79 Å². The number of ether oxygens (including phenoxy) is 1. The van der Waals surface area contributed by atoms with Crippen LogP contribution in [0, 0.1) is 5.41 Å². The van der Waals surface area contributed by atoms with Crippen LogP contribution in [0.2, 0.25) is 0 Å². The number of nitrogens with zero attached hydrogens (tertiary/aromatic N) is 1. The van der Waals surface area contributed by atoms with Crippen LogP contribution in [-0.4, -0.2) is 35.7 Å². The van der Waals surface area contributed by atoms with Crippen molar-refractivity contribution in [3.8, 4) is 0 Å². The second kappa shape index (κ2) is 6.55. The molecule has 0 radical (unpaired) electrons. The summed E-state index contributed by atoms with van der Waals surface area (Å²) in [5.74, 6) is 0. The largest absolute Gasteiger partial charge is 0.444 e. The zero-order valence-corrected chi connectivity index (χ0v) is 14.0. The van der Waals surface area contributed by atoms with E-state index in [0.29, 0.717) is 11.5 Å². The van der Waals surface area contributed by atoms with Crippen LogP contribution in [0.4, 0.5) is 4.79 Å². The normalized spacial score (nSPS) is 21.9. The van der Waals surface area contributed by atoms with Gasteiger partial charge in [0.15, 0.2) is 0 Å². The Morgan fingerprint density at radius 2 is 1.86 bits per heavy atom. The monoisotopic (exact) mass is 296 g/mol. The highest BCUT2D eigenvalue weighted by atomic mass is 16.6.